The molecule has 22 heavy (non-hydrogen) atoms. The van der Waals surface area contributed by atoms with Crippen molar-refractivity contribution in [2.45, 2.75) is 33.6 Å². The molecular formula is C14H18N2O4S2. The highest BCUT2D eigenvalue weighted by molar-refractivity contribution is 7.13. The molecule has 0 spiro atoms. The lowest BCUT2D eigenvalue weighted by Crippen LogP contribution is -2.01. The van der Waals surface area contributed by atoms with Crippen LogP contribution < -0.4 is 0 Å². The van der Waals surface area contributed by atoms with E-state index in [1.165, 1.54) is 28.9 Å². The molecule has 2 aromatic heterocycles. The van der Waals surface area contributed by atoms with Crippen LogP contribution in [-0.4, -0.2) is 33.6 Å². The molecule has 0 bridgehead atoms. The second kappa shape index (κ2) is 9.26. The van der Waals surface area contributed by atoms with Crippen molar-refractivity contribution in [3.63, 3.8) is 0 Å². The number of aryl methyl sites for hydroxylation is 2. The van der Waals surface area contributed by atoms with Crippen molar-refractivity contribution in [1.82, 2.24) is 9.97 Å². The highest BCUT2D eigenvalue weighted by Gasteiger charge is 2.09. The number of carboxylic acid groups (broad SMARTS) is 1. The van der Waals surface area contributed by atoms with Crippen LogP contribution in [0.25, 0.3) is 0 Å². The van der Waals surface area contributed by atoms with Gasteiger partial charge in [-0.2, -0.15) is 0 Å². The number of nitrogens with zero attached hydrogens (tertiary/aromatic N) is 2. The Morgan fingerprint density at radius 2 is 1.55 bits per heavy atom. The highest BCUT2D eigenvalue weighted by Crippen LogP contribution is 2.14. The van der Waals surface area contributed by atoms with Gasteiger partial charge in [-0.05, 0) is 19.8 Å². The maximum Gasteiger partial charge on any atom is 0.349 e. The van der Waals surface area contributed by atoms with Crippen molar-refractivity contribution in [3.05, 3.63) is 32.2 Å². The SMILES string of the molecule is CCOC(=O)c1cnc(CC)s1.CCc1ncc(C(=O)O)s1. The summed E-state index contributed by atoms with van der Waals surface area (Å²) in [4.78, 5) is 30.3. The molecular weight excluding hydrogens is 324 g/mol. The third-order valence-electron chi connectivity index (χ3n) is 2.40. The standard InChI is InChI=1S/C8H11NO2S.C6H7NO2S/c1-3-7-9-5-6(12-7)8(10)11-4-2;1-2-5-7-3-4(10-5)6(8)9/h5H,3-4H2,1-2H3;3H,2H2,1H3,(H,8,9). The van der Waals surface area contributed by atoms with Gasteiger partial charge >= 0.3 is 11.9 Å². The van der Waals surface area contributed by atoms with Crippen molar-refractivity contribution in [2.24, 2.45) is 0 Å². The van der Waals surface area contributed by atoms with E-state index in [2.05, 4.69) is 9.97 Å². The summed E-state index contributed by atoms with van der Waals surface area (Å²) in [5.74, 6) is -1.16. The van der Waals surface area contributed by atoms with E-state index in [1.807, 2.05) is 13.8 Å². The fraction of sp³-hybridized carbons (Fsp3) is 0.429. The predicted octanol–water partition coefficient (Wildman–Crippen LogP) is 3.29. The Bertz CT molecular complexity index is 622. The molecule has 0 atom stereocenters. The lowest BCUT2D eigenvalue weighted by molar-refractivity contribution is 0.0531. The Balaban J connectivity index is 0.000000224. The molecule has 0 aromatic carbocycles. The number of carbonyl (C=O) groups is 2. The summed E-state index contributed by atoms with van der Waals surface area (Å²) in [5.41, 5.74) is 0. The van der Waals surface area contributed by atoms with Crippen molar-refractivity contribution < 1.29 is 19.4 Å². The van der Waals surface area contributed by atoms with E-state index in [0.717, 1.165) is 22.9 Å². The average Bonchev–Trinajstić information content (AvgIpc) is 3.17. The lowest BCUT2D eigenvalue weighted by atomic mass is 10.5. The van der Waals surface area contributed by atoms with Gasteiger partial charge in [0, 0.05) is 0 Å². The van der Waals surface area contributed by atoms with Gasteiger partial charge in [0.1, 0.15) is 9.75 Å². The molecule has 0 aliphatic rings. The van der Waals surface area contributed by atoms with E-state index in [4.69, 9.17) is 9.84 Å². The first-order valence-corrected chi connectivity index (χ1v) is 8.44. The molecule has 8 heteroatoms. The van der Waals surface area contributed by atoms with Crippen molar-refractivity contribution >= 4 is 34.6 Å². The van der Waals surface area contributed by atoms with Crippen LogP contribution in [0.2, 0.25) is 0 Å². The predicted molar refractivity (Wildman–Crippen MR) is 85.9 cm³/mol. The first kappa shape index (κ1) is 18.2. The zero-order valence-corrected chi connectivity index (χ0v) is 14.3. The van der Waals surface area contributed by atoms with Gasteiger partial charge in [0.05, 0.1) is 29.0 Å². The third-order valence-corrected chi connectivity index (χ3v) is 4.65. The van der Waals surface area contributed by atoms with Gasteiger partial charge in [-0.1, -0.05) is 13.8 Å². The molecule has 0 amide bonds. The quantitative estimate of drug-likeness (QED) is 0.839. The lowest BCUT2D eigenvalue weighted by Gasteiger charge is -1.95. The molecule has 2 heterocycles. The summed E-state index contributed by atoms with van der Waals surface area (Å²) < 4.78 is 4.82. The van der Waals surface area contributed by atoms with E-state index in [1.54, 1.807) is 13.1 Å². The maximum absolute atomic E-state index is 11.1. The van der Waals surface area contributed by atoms with Gasteiger partial charge in [-0.15, -0.1) is 22.7 Å². The number of hydrogen-bond acceptors (Lipinski definition) is 7. The minimum absolute atomic E-state index is 0.269. The second-order valence-electron chi connectivity index (χ2n) is 3.97. The third kappa shape index (κ3) is 5.53. The molecule has 0 fully saturated rings. The normalized spacial score (nSPS) is 9.77. The zero-order valence-electron chi connectivity index (χ0n) is 12.7. The van der Waals surface area contributed by atoms with E-state index in [-0.39, 0.29) is 5.97 Å². The maximum atomic E-state index is 11.1. The minimum Gasteiger partial charge on any atom is -0.477 e. The number of esters is 1. The molecule has 0 aliphatic carbocycles. The monoisotopic (exact) mass is 342 g/mol. The zero-order chi connectivity index (χ0) is 16.5. The van der Waals surface area contributed by atoms with Gasteiger partial charge in [0.2, 0.25) is 0 Å². The molecule has 0 radical (unpaired) electrons. The first-order chi connectivity index (χ1) is 10.5. The summed E-state index contributed by atoms with van der Waals surface area (Å²) >= 11 is 2.63. The van der Waals surface area contributed by atoms with Crippen LogP contribution in [0.4, 0.5) is 0 Å². The number of carboxylic acids is 1. The van der Waals surface area contributed by atoms with Crippen molar-refractivity contribution in [2.75, 3.05) is 6.61 Å². The minimum atomic E-state index is -0.891. The summed E-state index contributed by atoms with van der Waals surface area (Å²) in [6.07, 6.45) is 4.63. The summed E-state index contributed by atoms with van der Waals surface area (Å²) in [7, 11) is 0. The number of thiazole rings is 2. The fourth-order valence-corrected chi connectivity index (χ4v) is 2.79. The number of rotatable bonds is 5. The first-order valence-electron chi connectivity index (χ1n) is 6.81. The Morgan fingerprint density at radius 3 is 1.91 bits per heavy atom. The van der Waals surface area contributed by atoms with Crippen LogP contribution in [0, 0.1) is 0 Å². The molecule has 6 nitrogen and oxygen atoms in total. The van der Waals surface area contributed by atoms with Gasteiger partial charge in [-0.3, -0.25) is 0 Å². The van der Waals surface area contributed by atoms with Crippen LogP contribution >= 0.6 is 22.7 Å². The van der Waals surface area contributed by atoms with Crippen LogP contribution in [0.5, 0.6) is 0 Å². The molecule has 0 unspecified atom stereocenters. The number of ether oxygens (including phenoxy) is 1. The van der Waals surface area contributed by atoms with Crippen molar-refractivity contribution in [1.29, 1.82) is 0 Å². The molecule has 1 N–H and O–H groups in total. The molecule has 0 saturated heterocycles. The Kier molecular flexibility index (Phi) is 7.69. The van der Waals surface area contributed by atoms with Gasteiger partial charge in [-0.25, -0.2) is 19.6 Å². The molecule has 0 aliphatic heterocycles. The summed E-state index contributed by atoms with van der Waals surface area (Å²) in [6, 6.07) is 0. The Labute approximate surface area is 136 Å². The summed E-state index contributed by atoms with van der Waals surface area (Å²) in [5, 5.41) is 10.3. The van der Waals surface area contributed by atoms with Crippen LogP contribution in [0.15, 0.2) is 12.4 Å². The van der Waals surface area contributed by atoms with Crippen molar-refractivity contribution in [3.8, 4) is 0 Å². The Hall–Kier alpha value is -1.80. The number of hydrogen-bond donors (Lipinski definition) is 1. The fourth-order valence-electron chi connectivity index (χ4n) is 1.34. The van der Waals surface area contributed by atoms with E-state index >= 15 is 0 Å². The summed E-state index contributed by atoms with van der Waals surface area (Å²) in [6.45, 7) is 6.16. The van der Waals surface area contributed by atoms with Crippen LogP contribution in [-0.2, 0) is 17.6 Å². The number of carbonyl (C=O) groups excluding carboxylic acids is 1. The molecule has 0 saturated carbocycles. The van der Waals surface area contributed by atoms with E-state index in [0.29, 0.717) is 16.4 Å². The number of aromatic nitrogens is 2. The Morgan fingerprint density at radius 1 is 1.05 bits per heavy atom. The van der Waals surface area contributed by atoms with Gasteiger partial charge in [0.15, 0.2) is 0 Å². The van der Waals surface area contributed by atoms with Crippen LogP contribution in [0.1, 0.15) is 50.1 Å². The topological polar surface area (TPSA) is 89.4 Å². The van der Waals surface area contributed by atoms with Gasteiger partial charge in [0.25, 0.3) is 0 Å². The van der Waals surface area contributed by atoms with E-state index in [9.17, 15) is 9.59 Å². The van der Waals surface area contributed by atoms with Gasteiger partial charge < -0.3 is 9.84 Å². The van der Waals surface area contributed by atoms with E-state index < -0.39 is 5.97 Å². The second-order valence-corrected chi connectivity index (χ2v) is 6.20. The number of aromatic carboxylic acids is 1. The molecule has 120 valence electrons. The largest absolute Gasteiger partial charge is 0.477 e. The smallest absolute Gasteiger partial charge is 0.349 e. The van der Waals surface area contributed by atoms with Crippen LogP contribution in [0.3, 0.4) is 0 Å². The highest BCUT2D eigenvalue weighted by atomic mass is 32.1. The molecule has 2 rings (SSSR count). The average molecular weight is 342 g/mol. The molecule has 2 aromatic rings.